The van der Waals surface area contributed by atoms with E-state index in [1.807, 2.05) is 25.1 Å². The van der Waals surface area contributed by atoms with E-state index in [0.29, 0.717) is 12.4 Å². The van der Waals surface area contributed by atoms with Crippen LogP contribution in [0.4, 0.5) is 0 Å². The summed E-state index contributed by atoms with van der Waals surface area (Å²) in [4.78, 5) is 14.8. The van der Waals surface area contributed by atoms with Gasteiger partial charge in [0.15, 0.2) is 10.8 Å². The first-order chi connectivity index (χ1) is 9.60. The van der Waals surface area contributed by atoms with Crippen LogP contribution in [0.2, 0.25) is 0 Å². The minimum Gasteiger partial charge on any atom is -0.481 e. The van der Waals surface area contributed by atoms with Gasteiger partial charge in [0.2, 0.25) is 0 Å². The van der Waals surface area contributed by atoms with Crippen molar-refractivity contribution in [1.82, 2.24) is 9.55 Å². The molecule has 0 amide bonds. The summed E-state index contributed by atoms with van der Waals surface area (Å²) in [6.07, 6.45) is 0.129. The Morgan fingerprint density at radius 1 is 1.55 bits per heavy atom. The van der Waals surface area contributed by atoms with Crippen LogP contribution in [0.15, 0.2) is 24.3 Å². The number of aromatic nitrogens is 2. The number of hydrogen-bond donors (Lipinski definition) is 1. The molecule has 106 valence electrons. The van der Waals surface area contributed by atoms with Crippen LogP contribution in [0.1, 0.15) is 19.2 Å². The SMILES string of the molecule is CC1(SCCC(=O)O)OCCn2c1nc1ccccc12. The van der Waals surface area contributed by atoms with E-state index >= 15 is 0 Å². The third-order valence-electron chi connectivity index (χ3n) is 3.45. The van der Waals surface area contributed by atoms with Crippen LogP contribution >= 0.6 is 11.8 Å². The summed E-state index contributed by atoms with van der Waals surface area (Å²) in [5.41, 5.74) is 2.06. The molecule has 0 bridgehead atoms. The Morgan fingerprint density at radius 2 is 2.35 bits per heavy atom. The Hall–Kier alpha value is -1.53. The number of fused-ring (bicyclic) bond motifs is 3. The third-order valence-corrected chi connectivity index (χ3v) is 4.71. The molecule has 3 rings (SSSR count). The molecule has 20 heavy (non-hydrogen) atoms. The highest BCUT2D eigenvalue weighted by Gasteiger charge is 2.37. The lowest BCUT2D eigenvalue weighted by Gasteiger charge is -2.33. The number of carboxylic acid groups (broad SMARTS) is 1. The van der Waals surface area contributed by atoms with Gasteiger partial charge in [0.1, 0.15) is 0 Å². The van der Waals surface area contributed by atoms with E-state index in [-0.39, 0.29) is 6.42 Å². The van der Waals surface area contributed by atoms with E-state index in [4.69, 9.17) is 9.84 Å². The number of benzene rings is 1. The molecule has 2 heterocycles. The van der Waals surface area contributed by atoms with E-state index in [9.17, 15) is 4.79 Å². The summed E-state index contributed by atoms with van der Waals surface area (Å²) in [6, 6.07) is 8.02. The highest BCUT2D eigenvalue weighted by molar-refractivity contribution is 8.00. The van der Waals surface area contributed by atoms with Crippen molar-refractivity contribution in [1.29, 1.82) is 0 Å². The second kappa shape index (κ2) is 5.10. The van der Waals surface area contributed by atoms with Gasteiger partial charge < -0.3 is 14.4 Å². The van der Waals surface area contributed by atoms with Gasteiger partial charge in [-0.1, -0.05) is 12.1 Å². The summed E-state index contributed by atoms with van der Waals surface area (Å²) < 4.78 is 8.06. The topological polar surface area (TPSA) is 64.3 Å². The average Bonchev–Trinajstić information content (AvgIpc) is 2.79. The quantitative estimate of drug-likeness (QED) is 0.937. The van der Waals surface area contributed by atoms with Crippen molar-refractivity contribution in [2.45, 2.75) is 24.8 Å². The van der Waals surface area contributed by atoms with Crippen molar-refractivity contribution >= 4 is 28.8 Å². The number of thioether (sulfide) groups is 1. The summed E-state index contributed by atoms with van der Waals surface area (Å²) in [6.45, 7) is 3.37. The van der Waals surface area contributed by atoms with E-state index < -0.39 is 10.9 Å². The minimum absolute atomic E-state index is 0.129. The lowest BCUT2D eigenvalue weighted by atomic mass is 10.3. The number of hydrogen-bond acceptors (Lipinski definition) is 4. The van der Waals surface area contributed by atoms with Gasteiger partial charge >= 0.3 is 5.97 Å². The number of ether oxygens (including phenoxy) is 1. The average molecular weight is 292 g/mol. The summed E-state index contributed by atoms with van der Waals surface area (Å²) >= 11 is 1.50. The number of carbonyl (C=O) groups is 1. The van der Waals surface area contributed by atoms with Crippen LogP contribution in [-0.2, 0) is 21.0 Å². The summed E-state index contributed by atoms with van der Waals surface area (Å²) in [7, 11) is 0. The molecular formula is C14H16N2O3S. The van der Waals surface area contributed by atoms with E-state index in [1.54, 1.807) is 0 Å². The highest BCUT2D eigenvalue weighted by atomic mass is 32.2. The largest absolute Gasteiger partial charge is 0.481 e. The molecule has 1 aromatic carbocycles. The van der Waals surface area contributed by atoms with Crippen molar-refractivity contribution in [3.05, 3.63) is 30.1 Å². The molecule has 6 heteroatoms. The maximum Gasteiger partial charge on any atom is 0.304 e. The van der Waals surface area contributed by atoms with Crippen molar-refractivity contribution < 1.29 is 14.6 Å². The predicted octanol–water partition coefficient (Wildman–Crippen LogP) is 2.45. The number of aliphatic carboxylic acids is 1. The number of carboxylic acids is 1. The van der Waals surface area contributed by atoms with Crippen LogP contribution < -0.4 is 0 Å². The summed E-state index contributed by atoms with van der Waals surface area (Å²) in [5.74, 6) is 0.598. The molecule has 0 spiro atoms. The van der Waals surface area contributed by atoms with Gasteiger partial charge in [-0.15, -0.1) is 11.8 Å². The summed E-state index contributed by atoms with van der Waals surface area (Å²) in [5, 5.41) is 8.76. The highest BCUT2D eigenvalue weighted by Crippen LogP contribution is 2.40. The van der Waals surface area contributed by atoms with Gasteiger partial charge in [-0.3, -0.25) is 4.79 Å². The van der Waals surface area contributed by atoms with Crippen LogP contribution in [0, 0.1) is 0 Å². The maximum absolute atomic E-state index is 10.7. The van der Waals surface area contributed by atoms with Gasteiger partial charge in [-0.25, -0.2) is 4.98 Å². The van der Waals surface area contributed by atoms with E-state index in [0.717, 1.165) is 23.4 Å². The molecule has 1 aliphatic rings. The Kier molecular flexibility index (Phi) is 3.43. The van der Waals surface area contributed by atoms with Crippen LogP contribution in [0.25, 0.3) is 11.0 Å². The Labute approximate surface area is 120 Å². The van der Waals surface area contributed by atoms with E-state index in [2.05, 4.69) is 15.6 Å². The maximum atomic E-state index is 10.7. The van der Waals surface area contributed by atoms with Crippen molar-refractivity contribution in [2.75, 3.05) is 12.4 Å². The second-order valence-electron chi connectivity index (χ2n) is 4.86. The molecule has 1 aliphatic heterocycles. The number of para-hydroxylation sites is 2. The molecule has 1 unspecified atom stereocenters. The van der Waals surface area contributed by atoms with Gasteiger partial charge in [0.25, 0.3) is 0 Å². The Morgan fingerprint density at radius 3 is 3.15 bits per heavy atom. The molecule has 5 nitrogen and oxygen atoms in total. The van der Waals surface area contributed by atoms with Crippen molar-refractivity contribution in [3.63, 3.8) is 0 Å². The van der Waals surface area contributed by atoms with Gasteiger partial charge in [-0.05, 0) is 19.1 Å². The van der Waals surface area contributed by atoms with Crippen molar-refractivity contribution in [3.8, 4) is 0 Å². The standard InChI is InChI=1S/C14H16N2O3S/c1-14(20-9-6-12(17)18)13-15-10-4-2-3-5-11(10)16(13)7-8-19-14/h2-5H,6-9H2,1H3,(H,17,18). The zero-order chi connectivity index (χ0) is 14.2. The number of nitrogens with zero attached hydrogens (tertiary/aromatic N) is 2. The smallest absolute Gasteiger partial charge is 0.304 e. The second-order valence-corrected chi connectivity index (χ2v) is 6.34. The molecule has 1 N–H and O–H groups in total. The molecular weight excluding hydrogens is 276 g/mol. The van der Waals surface area contributed by atoms with Crippen molar-refractivity contribution in [2.24, 2.45) is 0 Å². The number of rotatable bonds is 4. The Balaban J connectivity index is 1.94. The Bertz CT molecular complexity index is 655. The first-order valence-electron chi connectivity index (χ1n) is 6.55. The molecule has 0 fully saturated rings. The fourth-order valence-corrected chi connectivity index (χ4v) is 3.60. The van der Waals surface area contributed by atoms with Crippen LogP contribution in [0.5, 0.6) is 0 Å². The molecule has 1 aromatic heterocycles. The molecule has 2 aromatic rings. The third kappa shape index (κ3) is 2.29. The van der Waals surface area contributed by atoms with Crippen LogP contribution in [-0.4, -0.2) is 33.0 Å². The molecule has 0 saturated carbocycles. The van der Waals surface area contributed by atoms with Gasteiger partial charge in [0.05, 0.1) is 24.1 Å². The normalized spacial score (nSPS) is 21.9. The van der Waals surface area contributed by atoms with E-state index in [1.165, 1.54) is 11.8 Å². The minimum atomic E-state index is -0.787. The molecule has 0 radical (unpaired) electrons. The molecule has 0 aliphatic carbocycles. The van der Waals surface area contributed by atoms with Gasteiger partial charge in [-0.2, -0.15) is 0 Å². The monoisotopic (exact) mass is 292 g/mol. The first kappa shape index (κ1) is 13.5. The molecule has 1 atom stereocenters. The lowest BCUT2D eigenvalue weighted by molar-refractivity contribution is -0.136. The fourth-order valence-electron chi connectivity index (χ4n) is 2.48. The van der Waals surface area contributed by atoms with Gasteiger partial charge in [0, 0.05) is 12.3 Å². The zero-order valence-corrected chi connectivity index (χ0v) is 12.0. The fraction of sp³-hybridized carbons (Fsp3) is 0.429. The lowest BCUT2D eigenvalue weighted by Crippen LogP contribution is -2.34. The zero-order valence-electron chi connectivity index (χ0n) is 11.2. The first-order valence-corrected chi connectivity index (χ1v) is 7.54. The van der Waals surface area contributed by atoms with Crippen LogP contribution in [0.3, 0.4) is 0 Å². The molecule has 0 saturated heterocycles. The predicted molar refractivity (Wildman–Crippen MR) is 77.7 cm³/mol. The number of imidazole rings is 1.